The highest BCUT2D eigenvalue weighted by Crippen LogP contribution is 2.30. The second-order valence-corrected chi connectivity index (χ2v) is 10.3. The molecule has 0 fully saturated rings. The van der Waals surface area contributed by atoms with E-state index in [-0.39, 0.29) is 24.2 Å². The molecule has 1 unspecified atom stereocenters. The Kier molecular flexibility index (Phi) is 6.44. The van der Waals surface area contributed by atoms with Gasteiger partial charge in [0.25, 0.3) is 5.91 Å². The third-order valence-corrected chi connectivity index (χ3v) is 7.35. The number of sulfonamides is 1. The van der Waals surface area contributed by atoms with Crippen molar-refractivity contribution in [2.24, 2.45) is 0 Å². The van der Waals surface area contributed by atoms with Gasteiger partial charge < -0.3 is 5.32 Å². The van der Waals surface area contributed by atoms with Crippen LogP contribution in [0.3, 0.4) is 0 Å². The number of aryl methyl sites for hydroxylation is 3. The second kappa shape index (κ2) is 9.27. The first-order chi connectivity index (χ1) is 15.3. The molecule has 0 saturated carbocycles. The summed E-state index contributed by atoms with van der Waals surface area (Å²) >= 11 is 0. The van der Waals surface area contributed by atoms with E-state index in [2.05, 4.69) is 22.2 Å². The van der Waals surface area contributed by atoms with Crippen LogP contribution in [-0.2, 0) is 28.7 Å². The predicted molar refractivity (Wildman–Crippen MR) is 127 cm³/mol. The van der Waals surface area contributed by atoms with E-state index in [1.165, 1.54) is 11.1 Å². The van der Waals surface area contributed by atoms with Crippen molar-refractivity contribution in [3.8, 4) is 0 Å². The lowest BCUT2D eigenvalue weighted by atomic mass is 10.1. The number of carbonyl (C=O) groups is 1. The molecule has 4 rings (SSSR count). The van der Waals surface area contributed by atoms with Crippen LogP contribution in [0.25, 0.3) is 0 Å². The Bertz CT molecular complexity index is 1250. The highest BCUT2D eigenvalue weighted by atomic mass is 32.2. The molecule has 0 aliphatic heterocycles. The van der Waals surface area contributed by atoms with E-state index >= 15 is 0 Å². The molecular weight excluding hydrogens is 420 g/mol. The number of benzene rings is 3. The Labute approximate surface area is 189 Å². The minimum atomic E-state index is -3.50. The first kappa shape index (κ1) is 22.2. The Balaban J connectivity index is 1.38. The van der Waals surface area contributed by atoms with Crippen LogP contribution in [-0.4, -0.2) is 14.3 Å². The Morgan fingerprint density at radius 2 is 1.75 bits per heavy atom. The van der Waals surface area contributed by atoms with Crippen LogP contribution in [0.2, 0.25) is 0 Å². The van der Waals surface area contributed by atoms with Crippen molar-refractivity contribution in [2.45, 2.75) is 45.0 Å². The van der Waals surface area contributed by atoms with Crippen molar-refractivity contribution in [2.75, 3.05) is 0 Å². The van der Waals surface area contributed by atoms with Gasteiger partial charge in [0, 0.05) is 12.1 Å². The lowest BCUT2D eigenvalue weighted by Gasteiger charge is -2.15. The number of rotatable bonds is 7. The molecule has 3 aromatic rings. The Hall–Kier alpha value is -2.96. The summed E-state index contributed by atoms with van der Waals surface area (Å²) in [6.45, 7) is 4.11. The van der Waals surface area contributed by atoms with Crippen molar-refractivity contribution in [1.29, 1.82) is 0 Å². The van der Waals surface area contributed by atoms with Crippen molar-refractivity contribution in [3.63, 3.8) is 0 Å². The van der Waals surface area contributed by atoms with Crippen molar-refractivity contribution in [3.05, 3.63) is 106 Å². The van der Waals surface area contributed by atoms with E-state index in [1.54, 1.807) is 18.2 Å². The van der Waals surface area contributed by atoms with Gasteiger partial charge in [-0.25, -0.2) is 13.1 Å². The van der Waals surface area contributed by atoms with E-state index in [1.807, 2.05) is 50.2 Å². The van der Waals surface area contributed by atoms with Gasteiger partial charge in [0.15, 0.2) is 0 Å². The number of amides is 1. The van der Waals surface area contributed by atoms with E-state index in [4.69, 9.17) is 0 Å². The lowest BCUT2D eigenvalue weighted by molar-refractivity contribution is 0.0936. The number of carbonyl (C=O) groups excluding carboxylic acids is 1. The van der Waals surface area contributed by atoms with Crippen LogP contribution >= 0.6 is 0 Å². The second-order valence-electron chi connectivity index (χ2n) is 8.46. The average Bonchev–Trinajstić information content (AvgIpc) is 3.18. The van der Waals surface area contributed by atoms with Crippen LogP contribution in [0.5, 0.6) is 0 Å². The molecule has 1 amide bonds. The van der Waals surface area contributed by atoms with Gasteiger partial charge in [-0.3, -0.25) is 4.79 Å². The SMILES string of the molecule is Cc1ccc(CS(=O)(=O)NCc2cccc(C(=O)NC3CCc4ccccc43)c2)cc1C. The van der Waals surface area contributed by atoms with Crippen LogP contribution in [0.4, 0.5) is 0 Å². The fourth-order valence-corrected chi connectivity index (χ4v) is 5.24. The average molecular weight is 449 g/mol. The van der Waals surface area contributed by atoms with E-state index in [0.29, 0.717) is 5.56 Å². The van der Waals surface area contributed by atoms with Crippen LogP contribution in [0.15, 0.2) is 66.7 Å². The molecule has 32 heavy (non-hydrogen) atoms. The van der Waals surface area contributed by atoms with E-state index in [9.17, 15) is 13.2 Å². The predicted octanol–water partition coefficient (Wildman–Crippen LogP) is 4.34. The molecule has 6 heteroatoms. The van der Waals surface area contributed by atoms with Gasteiger partial charge >= 0.3 is 0 Å². The molecule has 166 valence electrons. The van der Waals surface area contributed by atoms with Crippen LogP contribution in [0.1, 0.15) is 56.2 Å². The zero-order valence-electron chi connectivity index (χ0n) is 18.4. The number of hydrogen-bond acceptors (Lipinski definition) is 3. The number of hydrogen-bond donors (Lipinski definition) is 2. The van der Waals surface area contributed by atoms with Crippen LogP contribution in [0, 0.1) is 13.8 Å². The molecule has 1 aliphatic carbocycles. The quantitative estimate of drug-likeness (QED) is 0.565. The minimum Gasteiger partial charge on any atom is -0.345 e. The zero-order chi connectivity index (χ0) is 22.7. The monoisotopic (exact) mass is 448 g/mol. The fraction of sp³-hybridized carbons (Fsp3) is 0.269. The van der Waals surface area contributed by atoms with Gasteiger partial charge in [-0.05, 0) is 72.2 Å². The fourth-order valence-electron chi connectivity index (χ4n) is 4.13. The smallest absolute Gasteiger partial charge is 0.251 e. The molecule has 0 aromatic heterocycles. The van der Waals surface area contributed by atoms with Crippen molar-refractivity contribution >= 4 is 15.9 Å². The Morgan fingerprint density at radius 3 is 2.56 bits per heavy atom. The van der Waals surface area contributed by atoms with Crippen molar-refractivity contribution in [1.82, 2.24) is 10.0 Å². The molecule has 0 spiro atoms. The first-order valence-electron chi connectivity index (χ1n) is 10.8. The molecule has 2 N–H and O–H groups in total. The maximum absolute atomic E-state index is 12.8. The van der Waals surface area contributed by atoms with Gasteiger partial charge in [-0.1, -0.05) is 54.6 Å². The molecule has 5 nitrogen and oxygen atoms in total. The topological polar surface area (TPSA) is 75.3 Å². The van der Waals surface area contributed by atoms with Gasteiger partial charge in [0.2, 0.25) is 10.0 Å². The Morgan fingerprint density at radius 1 is 0.938 bits per heavy atom. The van der Waals surface area contributed by atoms with Gasteiger partial charge in [-0.15, -0.1) is 0 Å². The molecule has 0 radical (unpaired) electrons. The van der Waals surface area contributed by atoms with Gasteiger partial charge in [0.05, 0.1) is 11.8 Å². The van der Waals surface area contributed by atoms with Gasteiger partial charge in [-0.2, -0.15) is 0 Å². The minimum absolute atomic E-state index is 0.0128. The lowest BCUT2D eigenvalue weighted by Crippen LogP contribution is -2.27. The summed E-state index contributed by atoms with van der Waals surface area (Å²) in [5, 5.41) is 3.12. The summed E-state index contributed by atoms with van der Waals surface area (Å²) < 4.78 is 27.7. The highest BCUT2D eigenvalue weighted by molar-refractivity contribution is 7.88. The third-order valence-electron chi connectivity index (χ3n) is 6.05. The standard InChI is InChI=1S/C26H28N2O3S/c1-18-10-11-21(14-19(18)2)17-32(30,31)27-16-20-6-5-8-23(15-20)26(29)28-25-13-12-22-7-3-4-9-24(22)25/h3-11,14-15,25,27H,12-13,16-17H2,1-2H3,(H,28,29). The summed E-state index contributed by atoms with van der Waals surface area (Å²) in [7, 11) is -3.50. The zero-order valence-corrected chi connectivity index (χ0v) is 19.2. The molecular formula is C26H28N2O3S. The summed E-state index contributed by atoms with van der Waals surface area (Å²) in [5.74, 6) is -0.221. The summed E-state index contributed by atoms with van der Waals surface area (Å²) in [6, 6.07) is 21.0. The van der Waals surface area contributed by atoms with Crippen LogP contribution < -0.4 is 10.0 Å². The molecule has 1 aliphatic rings. The van der Waals surface area contributed by atoms with E-state index < -0.39 is 10.0 Å². The molecule has 0 heterocycles. The number of fused-ring (bicyclic) bond motifs is 1. The summed E-state index contributed by atoms with van der Waals surface area (Å²) in [4.78, 5) is 12.8. The molecule has 0 bridgehead atoms. The number of nitrogens with one attached hydrogen (secondary N) is 2. The normalized spacial score (nSPS) is 15.4. The molecule has 1 atom stereocenters. The molecule has 0 saturated heterocycles. The summed E-state index contributed by atoms with van der Waals surface area (Å²) in [5.41, 5.74) is 6.69. The van der Waals surface area contributed by atoms with Gasteiger partial charge in [0.1, 0.15) is 0 Å². The maximum Gasteiger partial charge on any atom is 0.251 e. The molecule has 3 aromatic carbocycles. The largest absolute Gasteiger partial charge is 0.345 e. The summed E-state index contributed by atoms with van der Waals surface area (Å²) in [6.07, 6.45) is 1.85. The van der Waals surface area contributed by atoms with E-state index in [0.717, 1.165) is 35.1 Å². The first-order valence-corrected chi connectivity index (χ1v) is 12.5. The maximum atomic E-state index is 12.8. The third kappa shape index (κ3) is 5.26. The van der Waals surface area contributed by atoms with Crippen molar-refractivity contribution < 1.29 is 13.2 Å². The highest BCUT2D eigenvalue weighted by Gasteiger charge is 2.23.